The highest BCUT2D eigenvalue weighted by Gasteiger charge is 2.23. The zero-order valence-corrected chi connectivity index (χ0v) is 8.83. The van der Waals surface area contributed by atoms with E-state index >= 15 is 0 Å². The molecule has 2 rings (SSSR count). The van der Waals surface area contributed by atoms with Crippen LogP contribution in [0.4, 0.5) is 0 Å². The number of hydrogen-bond donors (Lipinski definition) is 2. The predicted molar refractivity (Wildman–Crippen MR) is 54.6 cm³/mol. The van der Waals surface area contributed by atoms with Crippen molar-refractivity contribution in [3.8, 4) is 0 Å². The fraction of sp³-hybridized carbons (Fsp3) is 0.900. The Bertz CT molecular complexity index is 211. The third-order valence-corrected chi connectivity index (χ3v) is 2.75. The molecule has 0 spiro atoms. The number of hydrogen-bond acceptors (Lipinski definition) is 4. The van der Waals surface area contributed by atoms with Crippen molar-refractivity contribution in [2.45, 2.75) is 25.0 Å². The fourth-order valence-electron chi connectivity index (χ4n) is 1.87. The van der Waals surface area contributed by atoms with Crippen LogP contribution in [0.1, 0.15) is 12.8 Å². The lowest BCUT2D eigenvalue weighted by Crippen LogP contribution is -2.49. The molecule has 2 aliphatic rings. The second-order valence-electron chi connectivity index (χ2n) is 3.94. The minimum absolute atomic E-state index is 0.0299. The highest BCUT2D eigenvalue weighted by molar-refractivity contribution is 5.81. The maximum Gasteiger partial charge on any atom is 0.250 e. The van der Waals surface area contributed by atoms with E-state index < -0.39 is 0 Å². The number of nitrogens with one attached hydrogen (secondary N) is 2. The molecule has 2 saturated heterocycles. The van der Waals surface area contributed by atoms with Crippen LogP contribution in [0.5, 0.6) is 0 Å². The van der Waals surface area contributed by atoms with E-state index in [1.54, 1.807) is 0 Å². The minimum Gasteiger partial charge on any atom is -0.376 e. The highest BCUT2D eigenvalue weighted by Crippen LogP contribution is 2.10. The molecule has 2 fully saturated rings. The molecule has 1 unspecified atom stereocenters. The van der Waals surface area contributed by atoms with Crippen LogP contribution in [0.2, 0.25) is 0 Å². The average molecular weight is 214 g/mol. The third-order valence-electron chi connectivity index (χ3n) is 2.75. The predicted octanol–water partition coefficient (Wildman–Crippen LogP) is -0.730. The van der Waals surface area contributed by atoms with Crippen LogP contribution in [0, 0.1) is 0 Å². The van der Waals surface area contributed by atoms with Gasteiger partial charge >= 0.3 is 0 Å². The van der Waals surface area contributed by atoms with Gasteiger partial charge in [-0.3, -0.25) is 4.79 Å². The van der Waals surface area contributed by atoms with E-state index in [2.05, 4.69) is 10.6 Å². The summed E-state index contributed by atoms with van der Waals surface area (Å²) in [7, 11) is 0. The number of amides is 1. The highest BCUT2D eigenvalue weighted by atomic mass is 16.5. The lowest BCUT2D eigenvalue weighted by atomic mass is 10.2. The third kappa shape index (κ3) is 3.15. The van der Waals surface area contributed by atoms with Gasteiger partial charge in [-0.25, -0.2) is 0 Å². The second kappa shape index (κ2) is 5.44. The lowest BCUT2D eigenvalue weighted by Gasteiger charge is -2.23. The molecule has 2 heterocycles. The molecule has 1 amide bonds. The van der Waals surface area contributed by atoms with Gasteiger partial charge in [-0.15, -0.1) is 0 Å². The first-order valence-corrected chi connectivity index (χ1v) is 5.58. The molecule has 5 heteroatoms. The maximum atomic E-state index is 11.6. The summed E-state index contributed by atoms with van der Waals surface area (Å²) in [5.74, 6) is -0.0299. The Morgan fingerprint density at radius 2 is 2.33 bits per heavy atom. The van der Waals surface area contributed by atoms with Crippen molar-refractivity contribution in [2.24, 2.45) is 0 Å². The first kappa shape index (κ1) is 10.9. The number of morpholine rings is 1. The molecule has 0 aliphatic carbocycles. The van der Waals surface area contributed by atoms with E-state index in [-0.39, 0.29) is 18.1 Å². The van der Waals surface area contributed by atoms with Crippen molar-refractivity contribution in [3.63, 3.8) is 0 Å². The van der Waals surface area contributed by atoms with Crippen LogP contribution in [0.3, 0.4) is 0 Å². The standard InChI is InChI=1S/C10H18N2O3/c13-10(9-7-11-3-5-15-9)12-6-8-2-1-4-14-8/h8-9,11H,1-7H2,(H,12,13)/t8?,9-/m0/s1. The molecule has 15 heavy (non-hydrogen) atoms. The Hall–Kier alpha value is -0.650. The van der Waals surface area contributed by atoms with Crippen LogP contribution in [-0.2, 0) is 14.3 Å². The summed E-state index contributed by atoms with van der Waals surface area (Å²) in [5.41, 5.74) is 0. The minimum atomic E-state index is -0.333. The zero-order valence-electron chi connectivity index (χ0n) is 8.83. The molecular weight excluding hydrogens is 196 g/mol. The van der Waals surface area contributed by atoms with Crippen molar-refractivity contribution in [1.82, 2.24) is 10.6 Å². The molecule has 0 radical (unpaired) electrons. The summed E-state index contributed by atoms with van der Waals surface area (Å²) in [6.07, 6.45) is 2.01. The van der Waals surface area contributed by atoms with Crippen LogP contribution in [0.15, 0.2) is 0 Å². The lowest BCUT2D eigenvalue weighted by molar-refractivity contribution is -0.134. The van der Waals surface area contributed by atoms with E-state index in [4.69, 9.17) is 9.47 Å². The smallest absolute Gasteiger partial charge is 0.250 e. The summed E-state index contributed by atoms with van der Waals surface area (Å²) in [4.78, 5) is 11.6. The molecule has 2 aliphatic heterocycles. The molecular formula is C10H18N2O3. The van der Waals surface area contributed by atoms with Crippen molar-refractivity contribution in [1.29, 1.82) is 0 Å². The average Bonchev–Trinajstić information content (AvgIpc) is 2.80. The second-order valence-corrected chi connectivity index (χ2v) is 3.94. The van der Waals surface area contributed by atoms with Gasteiger partial charge < -0.3 is 20.1 Å². The largest absolute Gasteiger partial charge is 0.376 e. The van der Waals surface area contributed by atoms with Crippen LogP contribution in [-0.4, -0.2) is 51.0 Å². The van der Waals surface area contributed by atoms with Gasteiger partial charge in [-0.1, -0.05) is 0 Å². The van der Waals surface area contributed by atoms with Crippen molar-refractivity contribution >= 4 is 5.91 Å². The van der Waals surface area contributed by atoms with Gasteiger partial charge in [0.05, 0.1) is 12.7 Å². The van der Waals surface area contributed by atoms with Gasteiger partial charge in [-0.05, 0) is 12.8 Å². The zero-order chi connectivity index (χ0) is 10.5. The topological polar surface area (TPSA) is 59.6 Å². The van der Waals surface area contributed by atoms with Crippen LogP contribution in [0.25, 0.3) is 0 Å². The van der Waals surface area contributed by atoms with Gasteiger partial charge in [0.25, 0.3) is 5.91 Å². The molecule has 2 N–H and O–H groups in total. The Morgan fingerprint density at radius 1 is 1.40 bits per heavy atom. The SMILES string of the molecule is O=C(NCC1CCCO1)[C@@H]1CNCCO1. The van der Waals surface area contributed by atoms with Gasteiger partial charge in [0.15, 0.2) is 0 Å². The normalized spacial score (nSPS) is 31.5. The number of carbonyl (C=O) groups is 1. The first-order valence-electron chi connectivity index (χ1n) is 5.58. The number of carbonyl (C=O) groups excluding carboxylic acids is 1. The summed E-state index contributed by atoms with van der Waals surface area (Å²) >= 11 is 0. The molecule has 2 atom stereocenters. The molecule has 0 bridgehead atoms. The molecule has 0 aromatic rings. The van der Waals surface area contributed by atoms with Crippen molar-refractivity contribution < 1.29 is 14.3 Å². The van der Waals surface area contributed by atoms with Crippen LogP contribution >= 0.6 is 0 Å². The molecule has 0 saturated carbocycles. The van der Waals surface area contributed by atoms with Crippen LogP contribution < -0.4 is 10.6 Å². The number of ether oxygens (including phenoxy) is 2. The number of rotatable bonds is 3. The summed E-state index contributed by atoms with van der Waals surface area (Å²) < 4.78 is 10.8. The Morgan fingerprint density at radius 3 is 3.00 bits per heavy atom. The van der Waals surface area contributed by atoms with E-state index in [1.165, 1.54) is 0 Å². The van der Waals surface area contributed by atoms with E-state index in [0.29, 0.717) is 19.7 Å². The van der Waals surface area contributed by atoms with Crippen molar-refractivity contribution in [2.75, 3.05) is 32.8 Å². The summed E-state index contributed by atoms with van der Waals surface area (Å²) in [6, 6.07) is 0. The maximum absolute atomic E-state index is 11.6. The summed E-state index contributed by atoms with van der Waals surface area (Å²) in [6.45, 7) is 3.48. The van der Waals surface area contributed by atoms with Gasteiger partial charge in [0, 0.05) is 26.2 Å². The molecule has 0 aromatic carbocycles. The monoisotopic (exact) mass is 214 g/mol. The molecule has 0 aromatic heterocycles. The quantitative estimate of drug-likeness (QED) is 0.650. The van der Waals surface area contributed by atoms with E-state index in [9.17, 15) is 4.79 Å². The summed E-state index contributed by atoms with van der Waals surface area (Å²) in [5, 5.41) is 5.99. The van der Waals surface area contributed by atoms with E-state index in [1.807, 2.05) is 0 Å². The van der Waals surface area contributed by atoms with Gasteiger partial charge in [0.1, 0.15) is 6.10 Å². The Balaban J connectivity index is 1.66. The van der Waals surface area contributed by atoms with Gasteiger partial charge in [-0.2, -0.15) is 0 Å². The van der Waals surface area contributed by atoms with E-state index in [0.717, 1.165) is 26.0 Å². The molecule has 5 nitrogen and oxygen atoms in total. The van der Waals surface area contributed by atoms with Gasteiger partial charge in [0.2, 0.25) is 0 Å². The fourth-order valence-corrected chi connectivity index (χ4v) is 1.87. The Labute approximate surface area is 89.5 Å². The van der Waals surface area contributed by atoms with Crippen molar-refractivity contribution in [3.05, 3.63) is 0 Å². The molecule has 86 valence electrons. The Kier molecular flexibility index (Phi) is 3.94. The first-order chi connectivity index (χ1) is 7.36.